The zero-order chi connectivity index (χ0) is 13.3. The van der Waals surface area contributed by atoms with E-state index in [9.17, 15) is 4.79 Å². The first-order chi connectivity index (χ1) is 7.91. The Morgan fingerprint density at radius 1 is 1.41 bits per heavy atom. The number of nitrogens with zero attached hydrogens (tertiary/aromatic N) is 1. The van der Waals surface area contributed by atoms with Crippen molar-refractivity contribution in [1.82, 2.24) is 10.4 Å². The Kier molecular flexibility index (Phi) is 8.12. The molecule has 0 saturated carbocycles. The van der Waals surface area contributed by atoms with E-state index in [-0.39, 0.29) is 5.91 Å². The van der Waals surface area contributed by atoms with Crippen LogP contribution < -0.4 is 5.32 Å². The minimum absolute atomic E-state index is 0.0310. The van der Waals surface area contributed by atoms with Crippen LogP contribution in [0.1, 0.15) is 40.0 Å². The van der Waals surface area contributed by atoms with Gasteiger partial charge in [0.25, 0.3) is 0 Å². The molecule has 0 aromatic rings. The van der Waals surface area contributed by atoms with Gasteiger partial charge in [0.05, 0.1) is 19.1 Å². The summed E-state index contributed by atoms with van der Waals surface area (Å²) in [4.78, 5) is 16.5. The maximum absolute atomic E-state index is 11.6. The average molecular weight is 246 g/mol. The minimum atomic E-state index is -0.483. The Morgan fingerprint density at radius 3 is 2.59 bits per heavy atom. The second-order valence-corrected chi connectivity index (χ2v) is 4.72. The standard InChI is InChI=1S/C12H26N2O3/c1-6-7-8-13-11(15)9-12(2,3)17-10-14(4)16-5/h6-10H2,1-5H3,(H,13,15). The lowest BCUT2D eigenvalue weighted by atomic mass is 10.0. The van der Waals surface area contributed by atoms with Crippen LogP contribution >= 0.6 is 0 Å². The summed E-state index contributed by atoms with van der Waals surface area (Å²) < 4.78 is 5.60. The summed E-state index contributed by atoms with van der Waals surface area (Å²) in [5.74, 6) is 0.0310. The number of amides is 1. The van der Waals surface area contributed by atoms with Crippen molar-refractivity contribution in [2.24, 2.45) is 0 Å². The van der Waals surface area contributed by atoms with Crippen LogP contribution in [0.5, 0.6) is 0 Å². The van der Waals surface area contributed by atoms with E-state index in [1.54, 1.807) is 19.2 Å². The normalized spacial score (nSPS) is 11.9. The van der Waals surface area contributed by atoms with E-state index in [0.717, 1.165) is 19.4 Å². The summed E-state index contributed by atoms with van der Waals surface area (Å²) in [6.45, 7) is 6.97. The summed E-state index contributed by atoms with van der Waals surface area (Å²) in [6, 6.07) is 0. The molecule has 0 aliphatic heterocycles. The monoisotopic (exact) mass is 246 g/mol. The lowest BCUT2D eigenvalue weighted by Gasteiger charge is -2.27. The van der Waals surface area contributed by atoms with E-state index < -0.39 is 5.60 Å². The van der Waals surface area contributed by atoms with Crippen LogP contribution in [-0.4, -0.2) is 44.0 Å². The number of hydroxylamine groups is 2. The first-order valence-corrected chi connectivity index (χ1v) is 6.07. The number of rotatable bonds is 9. The van der Waals surface area contributed by atoms with Gasteiger partial charge < -0.3 is 14.9 Å². The van der Waals surface area contributed by atoms with Crippen molar-refractivity contribution < 1.29 is 14.4 Å². The van der Waals surface area contributed by atoms with E-state index in [0.29, 0.717) is 13.2 Å². The summed E-state index contributed by atoms with van der Waals surface area (Å²) in [5.41, 5.74) is -0.483. The highest BCUT2D eigenvalue weighted by molar-refractivity contribution is 5.76. The molecule has 0 aromatic heterocycles. The molecule has 0 atom stereocenters. The number of carbonyl (C=O) groups excluding carboxylic acids is 1. The molecule has 0 rings (SSSR count). The zero-order valence-electron chi connectivity index (χ0n) is 11.7. The molecule has 0 saturated heterocycles. The molecule has 0 heterocycles. The first kappa shape index (κ1) is 16.4. The lowest BCUT2D eigenvalue weighted by Crippen LogP contribution is -2.37. The lowest BCUT2D eigenvalue weighted by molar-refractivity contribution is -0.199. The van der Waals surface area contributed by atoms with Crippen LogP contribution in [0, 0.1) is 0 Å². The smallest absolute Gasteiger partial charge is 0.222 e. The van der Waals surface area contributed by atoms with Crippen LogP contribution in [0.4, 0.5) is 0 Å². The zero-order valence-corrected chi connectivity index (χ0v) is 11.7. The number of hydrogen-bond acceptors (Lipinski definition) is 4. The minimum Gasteiger partial charge on any atom is -0.358 e. The van der Waals surface area contributed by atoms with Gasteiger partial charge in [-0.1, -0.05) is 13.3 Å². The van der Waals surface area contributed by atoms with E-state index in [1.165, 1.54) is 0 Å². The van der Waals surface area contributed by atoms with E-state index in [2.05, 4.69) is 12.2 Å². The van der Waals surface area contributed by atoms with Gasteiger partial charge in [0.2, 0.25) is 5.91 Å². The van der Waals surface area contributed by atoms with E-state index in [1.807, 2.05) is 13.8 Å². The van der Waals surface area contributed by atoms with Crippen molar-refractivity contribution in [3.63, 3.8) is 0 Å². The molecule has 17 heavy (non-hydrogen) atoms. The number of hydrogen-bond donors (Lipinski definition) is 1. The average Bonchev–Trinajstić information content (AvgIpc) is 2.25. The number of unbranched alkanes of at least 4 members (excludes halogenated alkanes) is 1. The highest BCUT2D eigenvalue weighted by Gasteiger charge is 2.23. The molecule has 0 spiro atoms. The molecular formula is C12H26N2O3. The third-order valence-corrected chi connectivity index (χ3v) is 2.39. The van der Waals surface area contributed by atoms with Gasteiger partial charge in [0.15, 0.2) is 0 Å². The fourth-order valence-corrected chi connectivity index (χ4v) is 1.22. The van der Waals surface area contributed by atoms with Gasteiger partial charge in [-0.2, -0.15) is 5.06 Å². The molecule has 1 N–H and O–H groups in total. The van der Waals surface area contributed by atoms with Gasteiger partial charge in [-0.25, -0.2) is 0 Å². The molecule has 0 aliphatic carbocycles. The van der Waals surface area contributed by atoms with Crippen LogP contribution in [-0.2, 0) is 14.4 Å². The van der Waals surface area contributed by atoms with Gasteiger partial charge >= 0.3 is 0 Å². The highest BCUT2D eigenvalue weighted by Crippen LogP contribution is 2.14. The van der Waals surface area contributed by atoms with Gasteiger partial charge in [-0.15, -0.1) is 0 Å². The van der Waals surface area contributed by atoms with Gasteiger partial charge in [-0.3, -0.25) is 4.79 Å². The topological polar surface area (TPSA) is 50.8 Å². The van der Waals surface area contributed by atoms with Crippen molar-refractivity contribution in [2.75, 3.05) is 27.4 Å². The number of ether oxygens (including phenoxy) is 1. The fourth-order valence-electron chi connectivity index (χ4n) is 1.22. The molecule has 0 fully saturated rings. The quantitative estimate of drug-likeness (QED) is 0.381. The number of carbonyl (C=O) groups is 1. The highest BCUT2D eigenvalue weighted by atomic mass is 16.7. The van der Waals surface area contributed by atoms with Crippen molar-refractivity contribution in [2.45, 2.75) is 45.6 Å². The summed E-state index contributed by atoms with van der Waals surface area (Å²) in [5, 5.41) is 4.44. The summed E-state index contributed by atoms with van der Waals surface area (Å²) >= 11 is 0. The second kappa shape index (κ2) is 8.44. The largest absolute Gasteiger partial charge is 0.358 e. The van der Waals surface area contributed by atoms with Gasteiger partial charge in [-0.05, 0) is 20.3 Å². The Hall–Kier alpha value is -0.650. The summed E-state index contributed by atoms with van der Waals surface area (Å²) in [7, 11) is 3.35. The maximum Gasteiger partial charge on any atom is 0.222 e. The molecule has 0 aliphatic rings. The second-order valence-electron chi connectivity index (χ2n) is 4.72. The first-order valence-electron chi connectivity index (χ1n) is 6.07. The molecule has 0 unspecified atom stereocenters. The van der Waals surface area contributed by atoms with Crippen molar-refractivity contribution in [1.29, 1.82) is 0 Å². The fraction of sp³-hybridized carbons (Fsp3) is 0.917. The van der Waals surface area contributed by atoms with E-state index >= 15 is 0 Å². The molecule has 1 amide bonds. The Bertz CT molecular complexity index is 220. The molecular weight excluding hydrogens is 220 g/mol. The van der Waals surface area contributed by atoms with E-state index in [4.69, 9.17) is 9.57 Å². The summed E-state index contributed by atoms with van der Waals surface area (Å²) in [6.07, 6.45) is 2.45. The van der Waals surface area contributed by atoms with Crippen LogP contribution in [0.3, 0.4) is 0 Å². The molecule has 5 nitrogen and oxygen atoms in total. The Labute approximate surface area is 104 Å². The molecule has 0 aromatic carbocycles. The molecule has 0 radical (unpaired) electrons. The van der Waals surface area contributed by atoms with Crippen molar-refractivity contribution >= 4 is 5.91 Å². The van der Waals surface area contributed by atoms with Crippen molar-refractivity contribution in [3.8, 4) is 0 Å². The Balaban J connectivity index is 3.85. The van der Waals surface area contributed by atoms with Gasteiger partial charge in [0, 0.05) is 13.6 Å². The maximum atomic E-state index is 11.6. The molecule has 102 valence electrons. The predicted molar refractivity (Wildman–Crippen MR) is 67.3 cm³/mol. The van der Waals surface area contributed by atoms with Crippen LogP contribution in [0.25, 0.3) is 0 Å². The van der Waals surface area contributed by atoms with Crippen LogP contribution in [0.2, 0.25) is 0 Å². The molecule has 0 bridgehead atoms. The Morgan fingerprint density at radius 2 is 2.06 bits per heavy atom. The predicted octanol–water partition coefficient (Wildman–Crippen LogP) is 1.54. The third kappa shape index (κ3) is 9.09. The third-order valence-electron chi connectivity index (χ3n) is 2.39. The van der Waals surface area contributed by atoms with Crippen LogP contribution in [0.15, 0.2) is 0 Å². The SMILES string of the molecule is CCCCNC(=O)CC(C)(C)OCN(C)OC. The molecule has 5 heteroatoms. The number of nitrogens with one attached hydrogen (secondary N) is 1. The van der Waals surface area contributed by atoms with Crippen molar-refractivity contribution in [3.05, 3.63) is 0 Å². The van der Waals surface area contributed by atoms with Gasteiger partial charge in [0.1, 0.15) is 6.73 Å².